The highest BCUT2D eigenvalue weighted by Crippen LogP contribution is 2.62. The fourth-order valence-corrected chi connectivity index (χ4v) is 5.32. The van der Waals surface area contributed by atoms with Gasteiger partial charge in [-0.3, -0.25) is 4.79 Å². The van der Waals surface area contributed by atoms with E-state index < -0.39 is 5.97 Å². The SMILES string of the molecule is CC=C(C)C(=C(C)C)c1cccc(COc2cc3c(cc2C)C2C(C3)C2C(=O)O)c1C. The van der Waals surface area contributed by atoms with Crippen LogP contribution in [0.3, 0.4) is 0 Å². The zero-order valence-corrected chi connectivity index (χ0v) is 19.4. The number of benzene rings is 2. The van der Waals surface area contributed by atoms with Crippen LogP contribution in [-0.2, 0) is 17.8 Å². The molecule has 162 valence electrons. The van der Waals surface area contributed by atoms with Gasteiger partial charge in [0.15, 0.2) is 0 Å². The maximum absolute atomic E-state index is 11.4. The molecule has 4 rings (SSSR count). The van der Waals surface area contributed by atoms with Crippen molar-refractivity contribution >= 4 is 11.5 Å². The predicted molar refractivity (Wildman–Crippen MR) is 125 cm³/mol. The van der Waals surface area contributed by atoms with Crippen LogP contribution in [0.15, 0.2) is 47.6 Å². The Morgan fingerprint density at radius 1 is 1.19 bits per heavy atom. The van der Waals surface area contributed by atoms with Gasteiger partial charge in [0.25, 0.3) is 0 Å². The van der Waals surface area contributed by atoms with Gasteiger partial charge in [-0.05, 0) is 104 Å². The highest BCUT2D eigenvalue weighted by molar-refractivity contribution is 5.82. The molecule has 3 unspecified atom stereocenters. The van der Waals surface area contributed by atoms with Gasteiger partial charge in [-0.15, -0.1) is 0 Å². The van der Waals surface area contributed by atoms with E-state index in [-0.39, 0.29) is 17.8 Å². The molecule has 0 amide bonds. The van der Waals surface area contributed by atoms with E-state index in [2.05, 4.69) is 78.0 Å². The fraction of sp³-hybridized carbons (Fsp3) is 0.393. The molecule has 1 saturated carbocycles. The molecule has 2 aromatic rings. The maximum atomic E-state index is 11.4. The van der Waals surface area contributed by atoms with E-state index in [1.165, 1.54) is 44.5 Å². The quantitative estimate of drug-likeness (QED) is 0.539. The first-order chi connectivity index (χ1) is 14.7. The van der Waals surface area contributed by atoms with Gasteiger partial charge in [-0.1, -0.05) is 35.9 Å². The first-order valence-corrected chi connectivity index (χ1v) is 11.1. The zero-order valence-electron chi connectivity index (χ0n) is 19.4. The van der Waals surface area contributed by atoms with E-state index >= 15 is 0 Å². The molecule has 0 bridgehead atoms. The maximum Gasteiger partial charge on any atom is 0.307 e. The van der Waals surface area contributed by atoms with Crippen LogP contribution in [-0.4, -0.2) is 11.1 Å². The van der Waals surface area contributed by atoms with Crippen molar-refractivity contribution in [2.45, 2.75) is 60.5 Å². The van der Waals surface area contributed by atoms with Gasteiger partial charge in [0.1, 0.15) is 12.4 Å². The van der Waals surface area contributed by atoms with Crippen LogP contribution in [0.5, 0.6) is 5.75 Å². The van der Waals surface area contributed by atoms with Crippen molar-refractivity contribution in [1.29, 1.82) is 0 Å². The van der Waals surface area contributed by atoms with E-state index in [0.717, 1.165) is 17.7 Å². The van der Waals surface area contributed by atoms with Crippen molar-refractivity contribution in [3.8, 4) is 5.75 Å². The lowest BCUT2D eigenvalue weighted by Gasteiger charge is -2.18. The zero-order chi connectivity index (χ0) is 22.4. The number of carboxylic acids is 1. The molecule has 3 heteroatoms. The summed E-state index contributed by atoms with van der Waals surface area (Å²) in [6, 6.07) is 10.7. The average Bonchev–Trinajstić information content (AvgIpc) is 3.33. The van der Waals surface area contributed by atoms with Crippen LogP contribution >= 0.6 is 0 Å². The highest BCUT2D eigenvalue weighted by atomic mass is 16.5. The topological polar surface area (TPSA) is 46.5 Å². The Labute approximate surface area is 185 Å². The standard InChI is InChI=1S/C28H32O3/c1-7-16(4)25(15(2)3)21-10-8-9-19(18(21)6)14-31-24-13-20-12-23-26(27(23)28(29)30)22(20)11-17(24)5/h7-11,13,23,26-27H,12,14H2,1-6H3,(H,29,30). The van der Waals surface area contributed by atoms with Crippen molar-refractivity contribution < 1.29 is 14.6 Å². The van der Waals surface area contributed by atoms with Crippen LogP contribution in [0.2, 0.25) is 0 Å². The molecule has 0 aromatic heterocycles. The molecule has 2 aromatic carbocycles. The molecule has 0 radical (unpaired) electrons. The number of aliphatic carboxylic acids is 1. The van der Waals surface area contributed by atoms with Crippen molar-refractivity contribution in [3.05, 3.63) is 80.9 Å². The molecule has 1 N–H and O–H groups in total. The molecular formula is C28H32O3. The molecular weight excluding hydrogens is 384 g/mol. The smallest absolute Gasteiger partial charge is 0.307 e. The lowest BCUT2D eigenvalue weighted by Crippen LogP contribution is -2.06. The minimum atomic E-state index is -0.655. The van der Waals surface area contributed by atoms with Crippen molar-refractivity contribution in [2.24, 2.45) is 11.8 Å². The molecule has 2 aliphatic carbocycles. The van der Waals surface area contributed by atoms with E-state index in [1.54, 1.807) is 0 Å². The van der Waals surface area contributed by atoms with Crippen LogP contribution in [0.1, 0.15) is 67.0 Å². The van der Waals surface area contributed by atoms with Crippen LogP contribution in [0, 0.1) is 25.7 Å². The number of aryl methyl sites for hydroxylation is 1. The summed E-state index contributed by atoms with van der Waals surface area (Å²) in [6.45, 7) is 13.3. The summed E-state index contributed by atoms with van der Waals surface area (Å²) in [5, 5.41) is 9.36. The van der Waals surface area contributed by atoms with Gasteiger partial charge >= 0.3 is 5.97 Å². The third-order valence-corrected chi connectivity index (χ3v) is 7.13. The van der Waals surface area contributed by atoms with E-state index in [9.17, 15) is 9.90 Å². The van der Waals surface area contributed by atoms with Crippen LogP contribution in [0.25, 0.3) is 5.57 Å². The molecule has 31 heavy (non-hydrogen) atoms. The van der Waals surface area contributed by atoms with Crippen LogP contribution in [0.4, 0.5) is 0 Å². The molecule has 3 nitrogen and oxygen atoms in total. The number of ether oxygens (including phenoxy) is 1. The Hall–Kier alpha value is -2.81. The molecule has 0 heterocycles. The van der Waals surface area contributed by atoms with Gasteiger partial charge in [0.2, 0.25) is 0 Å². The Morgan fingerprint density at radius 3 is 2.58 bits per heavy atom. The van der Waals surface area contributed by atoms with Crippen molar-refractivity contribution in [3.63, 3.8) is 0 Å². The number of allylic oxidation sites excluding steroid dienone is 4. The normalized spacial score (nSPS) is 21.4. The number of hydrogen-bond donors (Lipinski definition) is 1. The summed E-state index contributed by atoms with van der Waals surface area (Å²) < 4.78 is 6.29. The largest absolute Gasteiger partial charge is 0.489 e. The number of fused-ring (bicyclic) bond motifs is 3. The summed E-state index contributed by atoms with van der Waals surface area (Å²) in [6.07, 6.45) is 3.02. The second kappa shape index (κ2) is 8.03. The van der Waals surface area contributed by atoms with E-state index in [0.29, 0.717) is 6.61 Å². The molecule has 0 saturated heterocycles. The van der Waals surface area contributed by atoms with Gasteiger partial charge in [-0.25, -0.2) is 0 Å². The van der Waals surface area contributed by atoms with Gasteiger partial charge in [-0.2, -0.15) is 0 Å². The predicted octanol–water partition coefficient (Wildman–Crippen LogP) is 6.61. The van der Waals surface area contributed by atoms with Gasteiger partial charge in [0.05, 0.1) is 5.92 Å². The van der Waals surface area contributed by atoms with E-state index in [4.69, 9.17) is 4.74 Å². The minimum Gasteiger partial charge on any atom is -0.489 e. The third kappa shape index (κ3) is 3.71. The molecule has 0 aliphatic heterocycles. The van der Waals surface area contributed by atoms with Crippen molar-refractivity contribution in [2.75, 3.05) is 0 Å². The lowest BCUT2D eigenvalue weighted by atomic mass is 9.89. The van der Waals surface area contributed by atoms with Gasteiger partial charge in [0, 0.05) is 5.92 Å². The lowest BCUT2D eigenvalue weighted by molar-refractivity contribution is -0.139. The Kier molecular flexibility index (Phi) is 5.55. The number of hydrogen-bond acceptors (Lipinski definition) is 2. The minimum absolute atomic E-state index is 0.186. The van der Waals surface area contributed by atoms with Crippen molar-refractivity contribution in [1.82, 2.24) is 0 Å². The number of rotatable bonds is 6. The summed E-state index contributed by atoms with van der Waals surface area (Å²) >= 11 is 0. The Bertz CT molecular complexity index is 1120. The number of carboxylic acid groups (broad SMARTS) is 1. The summed E-state index contributed by atoms with van der Waals surface area (Å²) in [7, 11) is 0. The van der Waals surface area contributed by atoms with Crippen LogP contribution < -0.4 is 4.74 Å². The Balaban J connectivity index is 1.56. The molecule has 0 spiro atoms. The summed E-state index contributed by atoms with van der Waals surface area (Å²) in [5.41, 5.74) is 11.2. The monoisotopic (exact) mass is 416 g/mol. The summed E-state index contributed by atoms with van der Waals surface area (Å²) in [5.74, 6) is 0.547. The Morgan fingerprint density at radius 2 is 1.94 bits per heavy atom. The van der Waals surface area contributed by atoms with E-state index in [1.807, 2.05) is 0 Å². The first kappa shape index (κ1) is 21.4. The first-order valence-electron chi connectivity index (χ1n) is 11.1. The number of carbonyl (C=O) groups is 1. The summed E-state index contributed by atoms with van der Waals surface area (Å²) in [4.78, 5) is 11.4. The molecule has 1 fully saturated rings. The average molecular weight is 417 g/mol. The third-order valence-electron chi connectivity index (χ3n) is 7.13. The second-order valence-electron chi connectivity index (χ2n) is 9.30. The highest BCUT2D eigenvalue weighted by Gasteiger charge is 2.59. The van der Waals surface area contributed by atoms with Gasteiger partial charge < -0.3 is 9.84 Å². The molecule has 2 aliphatic rings. The fourth-order valence-electron chi connectivity index (χ4n) is 5.32. The molecule has 3 atom stereocenters. The second-order valence-corrected chi connectivity index (χ2v) is 9.30.